The number of aryl methyl sites for hydroxylation is 1. The van der Waals surface area contributed by atoms with Gasteiger partial charge in [0.05, 0.1) is 5.38 Å². The topological polar surface area (TPSA) is 12.0 Å². The highest BCUT2D eigenvalue weighted by Gasteiger charge is 2.06. The predicted octanol–water partition coefficient (Wildman–Crippen LogP) is 4.32. The van der Waals surface area contributed by atoms with Gasteiger partial charge in [-0.1, -0.05) is 61.5 Å². The summed E-state index contributed by atoms with van der Waals surface area (Å²) in [6.45, 7) is 3.81. The van der Waals surface area contributed by atoms with E-state index in [-0.39, 0.29) is 5.38 Å². The molecule has 0 bridgehead atoms. The molecule has 2 aromatic carbocycles. The maximum Gasteiger partial charge on any atom is 0.0709 e. The molecule has 0 aliphatic heterocycles. The predicted molar refractivity (Wildman–Crippen MR) is 82.6 cm³/mol. The monoisotopic (exact) mass is 273 g/mol. The minimum absolute atomic E-state index is 0.0242. The minimum Gasteiger partial charge on any atom is -0.311 e. The van der Waals surface area contributed by atoms with Gasteiger partial charge in [-0.2, -0.15) is 0 Å². The molecule has 0 amide bonds. The lowest BCUT2D eigenvalue weighted by molar-refractivity contribution is 0.674. The van der Waals surface area contributed by atoms with Crippen molar-refractivity contribution in [3.63, 3.8) is 0 Å². The van der Waals surface area contributed by atoms with Crippen molar-refractivity contribution in [3.05, 3.63) is 71.3 Å². The second kappa shape index (κ2) is 7.32. The Balaban J connectivity index is 1.79. The molecule has 1 unspecified atom stereocenters. The fourth-order valence-corrected chi connectivity index (χ4v) is 2.27. The van der Waals surface area contributed by atoms with Gasteiger partial charge >= 0.3 is 0 Å². The van der Waals surface area contributed by atoms with Crippen molar-refractivity contribution in [2.24, 2.45) is 0 Å². The van der Waals surface area contributed by atoms with Crippen LogP contribution >= 0.6 is 11.6 Å². The average molecular weight is 274 g/mol. The Hall–Kier alpha value is -1.31. The Morgan fingerprint density at radius 3 is 2.21 bits per heavy atom. The van der Waals surface area contributed by atoms with E-state index in [1.54, 1.807) is 0 Å². The van der Waals surface area contributed by atoms with Crippen LogP contribution in [0.3, 0.4) is 0 Å². The third kappa shape index (κ3) is 4.38. The van der Waals surface area contributed by atoms with Crippen molar-refractivity contribution in [2.75, 3.05) is 6.54 Å². The zero-order valence-electron chi connectivity index (χ0n) is 11.3. The summed E-state index contributed by atoms with van der Waals surface area (Å²) in [5, 5.41) is 3.43. The summed E-state index contributed by atoms with van der Waals surface area (Å²) < 4.78 is 0. The quantitative estimate of drug-likeness (QED) is 0.773. The summed E-state index contributed by atoms with van der Waals surface area (Å²) >= 11 is 6.36. The van der Waals surface area contributed by atoms with E-state index in [2.05, 4.69) is 48.6 Å². The van der Waals surface area contributed by atoms with Crippen LogP contribution in [-0.2, 0) is 13.0 Å². The van der Waals surface area contributed by atoms with E-state index in [1.165, 1.54) is 11.1 Å². The molecule has 1 atom stereocenters. The molecule has 0 fully saturated rings. The molecular weight excluding hydrogens is 254 g/mol. The lowest BCUT2D eigenvalue weighted by atomic mass is 10.1. The Morgan fingerprint density at radius 1 is 0.947 bits per heavy atom. The van der Waals surface area contributed by atoms with Gasteiger partial charge in [0.15, 0.2) is 0 Å². The van der Waals surface area contributed by atoms with E-state index in [0.717, 1.165) is 25.1 Å². The molecule has 0 aliphatic carbocycles. The molecule has 0 aromatic heterocycles. The van der Waals surface area contributed by atoms with Crippen LogP contribution in [0.2, 0.25) is 0 Å². The number of halogens is 1. The SMILES string of the molecule is CCc1ccc(CNCC(Cl)c2ccccc2)cc1. The van der Waals surface area contributed by atoms with Crippen molar-refractivity contribution in [1.82, 2.24) is 5.32 Å². The second-order valence-electron chi connectivity index (χ2n) is 4.68. The zero-order valence-corrected chi connectivity index (χ0v) is 12.0. The molecule has 0 saturated heterocycles. The minimum atomic E-state index is 0.0242. The van der Waals surface area contributed by atoms with E-state index in [1.807, 2.05) is 18.2 Å². The number of nitrogens with one attached hydrogen (secondary N) is 1. The lowest BCUT2D eigenvalue weighted by Gasteiger charge is -2.11. The molecule has 0 radical (unpaired) electrons. The van der Waals surface area contributed by atoms with Crippen LogP contribution in [0.4, 0.5) is 0 Å². The van der Waals surface area contributed by atoms with Crippen molar-refractivity contribution < 1.29 is 0 Å². The molecule has 2 heteroatoms. The first-order valence-electron chi connectivity index (χ1n) is 6.77. The largest absolute Gasteiger partial charge is 0.311 e. The van der Waals surface area contributed by atoms with Crippen LogP contribution in [0.25, 0.3) is 0 Å². The first-order chi connectivity index (χ1) is 9.29. The highest BCUT2D eigenvalue weighted by Crippen LogP contribution is 2.18. The number of benzene rings is 2. The number of hydrogen-bond donors (Lipinski definition) is 1. The molecule has 0 heterocycles. The second-order valence-corrected chi connectivity index (χ2v) is 5.21. The fraction of sp³-hybridized carbons (Fsp3) is 0.294. The van der Waals surface area contributed by atoms with Crippen molar-refractivity contribution in [1.29, 1.82) is 0 Å². The van der Waals surface area contributed by atoms with Crippen LogP contribution in [0.15, 0.2) is 54.6 Å². The van der Waals surface area contributed by atoms with Crippen LogP contribution in [0, 0.1) is 0 Å². The Bertz CT molecular complexity index is 478. The first-order valence-corrected chi connectivity index (χ1v) is 7.20. The van der Waals surface area contributed by atoms with E-state index in [9.17, 15) is 0 Å². The maximum absolute atomic E-state index is 6.36. The van der Waals surface area contributed by atoms with Crippen LogP contribution < -0.4 is 5.32 Å². The van der Waals surface area contributed by atoms with Gasteiger partial charge in [-0.25, -0.2) is 0 Å². The van der Waals surface area contributed by atoms with Gasteiger partial charge in [-0.15, -0.1) is 11.6 Å². The third-order valence-corrected chi connectivity index (χ3v) is 3.65. The van der Waals surface area contributed by atoms with Gasteiger partial charge < -0.3 is 5.32 Å². The van der Waals surface area contributed by atoms with Crippen molar-refractivity contribution in [3.8, 4) is 0 Å². The molecule has 0 aliphatic rings. The maximum atomic E-state index is 6.36. The summed E-state index contributed by atoms with van der Waals surface area (Å²) in [5.41, 5.74) is 3.84. The smallest absolute Gasteiger partial charge is 0.0709 e. The van der Waals surface area contributed by atoms with Gasteiger partial charge in [0.1, 0.15) is 0 Å². The van der Waals surface area contributed by atoms with E-state index in [4.69, 9.17) is 11.6 Å². The molecule has 19 heavy (non-hydrogen) atoms. The van der Waals surface area contributed by atoms with Crippen molar-refractivity contribution >= 4 is 11.6 Å². The third-order valence-electron chi connectivity index (χ3n) is 3.25. The standard InChI is InChI=1S/C17H20ClN/c1-2-14-8-10-15(11-9-14)12-19-13-17(18)16-6-4-3-5-7-16/h3-11,17,19H,2,12-13H2,1H3. The van der Waals surface area contributed by atoms with Gasteiger partial charge in [0, 0.05) is 13.1 Å². The molecule has 2 aromatic rings. The van der Waals surface area contributed by atoms with Gasteiger partial charge in [0.2, 0.25) is 0 Å². The van der Waals surface area contributed by atoms with Crippen molar-refractivity contribution in [2.45, 2.75) is 25.3 Å². The highest BCUT2D eigenvalue weighted by atomic mass is 35.5. The molecule has 100 valence electrons. The first kappa shape index (κ1) is 14.1. The summed E-state index contributed by atoms with van der Waals surface area (Å²) in [7, 11) is 0. The summed E-state index contributed by atoms with van der Waals surface area (Å²) in [5.74, 6) is 0. The van der Waals surface area contributed by atoms with Gasteiger partial charge in [-0.3, -0.25) is 0 Å². The molecule has 2 rings (SSSR count). The van der Waals surface area contributed by atoms with E-state index in [0.29, 0.717) is 0 Å². The normalized spacial score (nSPS) is 12.3. The van der Waals surface area contributed by atoms with Gasteiger partial charge in [-0.05, 0) is 23.1 Å². The Morgan fingerprint density at radius 2 is 1.58 bits per heavy atom. The van der Waals surface area contributed by atoms with Gasteiger partial charge in [0.25, 0.3) is 0 Å². The van der Waals surface area contributed by atoms with E-state index < -0.39 is 0 Å². The number of hydrogen-bond acceptors (Lipinski definition) is 1. The number of rotatable bonds is 6. The highest BCUT2D eigenvalue weighted by molar-refractivity contribution is 6.21. The average Bonchev–Trinajstić information content (AvgIpc) is 2.49. The molecule has 0 spiro atoms. The van der Waals surface area contributed by atoms with Crippen LogP contribution in [-0.4, -0.2) is 6.54 Å². The van der Waals surface area contributed by atoms with Crippen LogP contribution in [0.5, 0.6) is 0 Å². The van der Waals surface area contributed by atoms with E-state index >= 15 is 0 Å². The zero-order chi connectivity index (χ0) is 13.5. The Labute approximate surface area is 120 Å². The number of alkyl halides is 1. The Kier molecular flexibility index (Phi) is 5.44. The fourth-order valence-electron chi connectivity index (χ4n) is 2.02. The molecule has 1 N–H and O–H groups in total. The summed E-state index contributed by atoms with van der Waals surface area (Å²) in [4.78, 5) is 0. The molecular formula is C17H20ClN. The molecule has 1 nitrogen and oxygen atoms in total. The molecule has 0 saturated carbocycles. The lowest BCUT2D eigenvalue weighted by Crippen LogP contribution is -2.18. The van der Waals surface area contributed by atoms with Crippen LogP contribution in [0.1, 0.15) is 29.0 Å². The summed E-state index contributed by atoms with van der Waals surface area (Å²) in [6.07, 6.45) is 1.09. The summed E-state index contributed by atoms with van der Waals surface area (Å²) in [6, 6.07) is 18.9.